The Morgan fingerprint density at radius 2 is 1.70 bits per heavy atom. The van der Waals surface area contributed by atoms with Gasteiger partial charge in [-0.2, -0.15) is 0 Å². The highest BCUT2D eigenvalue weighted by Crippen LogP contribution is 2.28. The van der Waals surface area contributed by atoms with Gasteiger partial charge in [-0.05, 0) is 54.0 Å². The Labute approximate surface area is 236 Å². The Morgan fingerprint density at radius 3 is 2.40 bits per heavy atom. The number of benzene rings is 3. The van der Waals surface area contributed by atoms with E-state index in [-0.39, 0.29) is 5.96 Å². The van der Waals surface area contributed by atoms with Crippen LogP contribution in [-0.4, -0.2) is 61.6 Å². The highest BCUT2D eigenvalue weighted by molar-refractivity contribution is 5.99. The number of rotatable bonds is 15. The van der Waals surface area contributed by atoms with Gasteiger partial charge >= 0.3 is 5.97 Å². The number of nitrogens with two attached hydrogens (primary N) is 2. The van der Waals surface area contributed by atoms with Gasteiger partial charge < -0.3 is 31.2 Å². The molecule has 0 aliphatic carbocycles. The number of hydrogen-bond donors (Lipinski definition) is 3. The molecule has 0 spiro atoms. The van der Waals surface area contributed by atoms with E-state index in [9.17, 15) is 9.59 Å². The lowest BCUT2D eigenvalue weighted by atomic mass is 10.0. The van der Waals surface area contributed by atoms with E-state index >= 15 is 0 Å². The molecule has 3 aromatic carbocycles. The van der Waals surface area contributed by atoms with Crippen molar-refractivity contribution in [3.05, 3.63) is 71.8 Å². The molecule has 0 saturated carbocycles. The molecule has 0 aliphatic heterocycles. The third-order valence-corrected chi connectivity index (χ3v) is 6.62. The summed E-state index contributed by atoms with van der Waals surface area (Å²) in [5.74, 6) is -0.631. The standard InChI is InChI=1S/C31H41N5O4/c1-4-7-17-39-28-21-25(30(38)40-18-16-36(5-2)6-3)14-15-26(28)34-29(37)27(35-31(32)33)20-22-12-13-23-10-8-9-11-24(23)19-22/h8-15,19,21,27H,4-7,16-18,20H2,1-3H3,(H,34,37)(H4,32,33,35)/t27-/m1/s1. The molecule has 214 valence electrons. The highest BCUT2D eigenvalue weighted by Gasteiger charge is 2.21. The van der Waals surface area contributed by atoms with Crippen molar-refractivity contribution < 1.29 is 19.1 Å². The molecule has 3 rings (SSSR count). The zero-order valence-corrected chi connectivity index (χ0v) is 23.7. The molecule has 0 fully saturated rings. The first-order valence-electron chi connectivity index (χ1n) is 13.9. The molecule has 5 N–H and O–H groups in total. The first kappa shape index (κ1) is 30.4. The number of carbonyl (C=O) groups excluding carboxylic acids is 2. The van der Waals surface area contributed by atoms with Crippen LogP contribution < -0.4 is 21.5 Å². The topological polar surface area (TPSA) is 132 Å². The molecule has 0 bridgehead atoms. The summed E-state index contributed by atoms with van der Waals surface area (Å²) in [5, 5.41) is 5.07. The number of anilines is 1. The zero-order valence-electron chi connectivity index (χ0n) is 23.7. The van der Waals surface area contributed by atoms with E-state index in [0.717, 1.165) is 42.3 Å². The van der Waals surface area contributed by atoms with Crippen molar-refractivity contribution in [2.45, 2.75) is 46.1 Å². The van der Waals surface area contributed by atoms with Gasteiger partial charge in [-0.15, -0.1) is 0 Å². The lowest BCUT2D eigenvalue weighted by Crippen LogP contribution is -2.33. The summed E-state index contributed by atoms with van der Waals surface area (Å²) in [6.45, 7) is 9.36. The van der Waals surface area contributed by atoms with E-state index < -0.39 is 17.9 Å². The van der Waals surface area contributed by atoms with Crippen molar-refractivity contribution in [1.82, 2.24) is 4.90 Å². The minimum Gasteiger partial charge on any atom is -0.491 e. The average Bonchev–Trinajstić information content (AvgIpc) is 2.95. The molecule has 9 nitrogen and oxygen atoms in total. The normalized spacial score (nSPS) is 11.7. The number of aliphatic imine (C=N–C) groups is 1. The molecule has 0 radical (unpaired) electrons. The summed E-state index contributed by atoms with van der Waals surface area (Å²) < 4.78 is 11.4. The molecule has 0 saturated heterocycles. The summed E-state index contributed by atoms with van der Waals surface area (Å²) >= 11 is 0. The van der Waals surface area contributed by atoms with Crippen molar-refractivity contribution in [3.63, 3.8) is 0 Å². The maximum absolute atomic E-state index is 13.4. The number of ether oxygens (including phenoxy) is 2. The second-order valence-electron chi connectivity index (χ2n) is 9.52. The van der Waals surface area contributed by atoms with Gasteiger partial charge in [0, 0.05) is 13.0 Å². The van der Waals surface area contributed by atoms with Crippen LogP contribution in [0.15, 0.2) is 65.7 Å². The quantitative estimate of drug-likeness (QED) is 0.112. The fourth-order valence-corrected chi connectivity index (χ4v) is 4.27. The number of fused-ring (bicyclic) bond motifs is 1. The Kier molecular flexibility index (Phi) is 11.8. The van der Waals surface area contributed by atoms with Crippen LogP contribution in [0.3, 0.4) is 0 Å². The van der Waals surface area contributed by atoms with Crippen molar-refractivity contribution in [2.75, 3.05) is 38.2 Å². The highest BCUT2D eigenvalue weighted by atomic mass is 16.5. The van der Waals surface area contributed by atoms with E-state index in [1.807, 2.05) is 42.5 Å². The Morgan fingerprint density at radius 1 is 0.950 bits per heavy atom. The maximum atomic E-state index is 13.4. The molecule has 9 heteroatoms. The fourth-order valence-electron chi connectivity index (χ4n) is 4.27. The van der Waals surface area contributed by atoms with Gasteiger partial charge in [-0.1, -0.05) is 69.7 Å². The van der Waals surface area contributed by atoms with Crippen LogP contribution in [-0.2, 0) is 16.0 Å². The predicted molar refractivity (Wildman–Crippen MR) is 161 cm³/mol. The maximum Gasteiger partial charge on any atom is 0.338 e. The van der Waals surface area contributed by atoms with E-state index in [2.05, 4.69) is 36.0 Å². The Bertz CT molecular complexity index is 1300. The van der Waals surface area contributed by atoms with E-state index in [4.69, 9.17) is 20.9 Å². The van der Waals surface area contributed by atoms with Crippen molar-refractivity contribution in [2.24, 2.45) is 16.5 Å². The van der Waals surface area contributed by atoms with Gasteiger partial charge in [0.2, 0.25) is 5.91 Å². The SMILES string of the molecule is CCCCOc1cc(C(=O)OCCN(CC)CC)ccc1NC(=O)[C@@H](Cc1ccc2ccccc2c1)N=C(N)N. The summed E-state index contributed by atoms with van der Waals surface area (Å²) in [7, 11) is 0. The molecule has 0 heterocycles. The van der Waals surface area contributed by atoms with Crippen LogP contribution in [0.2, 0.25) is 0 Å². The summed E-state index contributed by atoms with van der Waals surface area (Å²) in [4.78, 5) is 32.5. The number of hydrogen-bond acceptors (Lipinski definition) is 6. The van der Waals surface area contributed by atoms with Gasteiger partial charge in [0.1, 0.15) is 18.4 Å². The van der Waals surface area contributed by atoms with Crippen LogP contribution in [0.4, 0.5) is 5.69 Å². The summed E-state index contributed by atoms with van der Waals surface area (Å²) in [5.41, 5.74) is 13.1. The van der Waals surface area contributed by atoms with Gasteiger partial charge in [-0.3, -0.25) is 4.79 Å². The minimum absolute atomic E-state index is 0.178. The molecule has 40 heavy (non-hydrogen) atoms. The molecule has 1 amide bonds. The van der Waals surface area contributed by atoms with Crippen LogP contribution in [0.1, 0.15) is 49.5 Å². The largest absolute Gasteiger partial charge is 0.491 e. The van der Waals surface area contributed by atoms with Crippen molar-refractivity contribution in [1.29, 1.82) is 0 Å². The van der Waals surface area contributed by atoms with Gasteiger partial charge in [-0.25, -0.2) is 9.79 Å². The second-order valence-corrected chi connectivity index (χ2v) is 9.52. The molecule has 0 aliphatic rings. The fraction of sp³-hybridized carbons (Fsp3) is 0.387. The molecule has 0 unspecified atom stereocenters. The molecule has 3 aromatic rings. The lowest BCUT2D eigenvalue weighted by Gasteiger charge is -2.18. The predicted octanol–water partition coefficient (Wildman–Crippen LogP) is 4.34. The first-order chi connectivity index (χ1) is 19.3. The molecular weight excluding hydrogens is 506 g/mol. The third-order valence-electron chi connectivity index (χ3n) is 6.62. The third kappa shape index (κ3) is 8.98. The number of nitrogens with zero attached hydrogens (tertiary/aromatic N) is 2. The number of likely N-dealkylation sites (N-methyl/N-ethyl adjacent to an activating group) is 1. The number of carbonyl (C=O) groups is 2. The minimum atomic E-state index is -0.862. The van der Waals surface area contributed by atoms with E-state index in [1.165, 1.54) is 0 Å². The summed E-state index contributed by atoms with van der Waals surface area (Å²) in [6.07, 6.45) is 2.06. The van der Waals surface area contributed by atoms with Gasteiger partial charge in [0.15, 0.2) is 5.96 Å². The second kappa shape index (κ2) is 15.5. The average molecular weight is 548 g/mol. The number of nitrogens with one attached hydrogen (secondary N) is 1. The Hall–Kier alpha value is -4.11. The molecule has 1 atom stereocenters. The molecule has 0 aromatic heterocycles. The molecular formula is C31H41N5O4. The van der Waals surface area contributed by atoms with Crippen LogP contribution >= 0.6 is 0 Å². The number of unbranched alkanes of at least 4 members (excludes halogenated alkanes) is 1. The summed E-state index contributed by atoms with van der Waals surface area (Å²) in [6, 6.07) is 18.0. The van der Waals surface area contributed by atoms with Crippen LogP contribution in [0, 0.1) is 0 Å². The van der Waals surface area contributed by atoms with E-state index in [0.29, 0.717) is 43.2 Å². The lowest BCUT2D eigenvalue weighted by molar-refractivity contribution is -0.117. The Balaban J connectivity index is 1.78. The van der Waals surface area contributed by atoms with Gasteiger partial charge in [0.05, 0.1) is 17.9 Å². The van der Waals surface area contributed by atoms with Crippen LogP contribution in [0.5, 0.6) is 5.75 Å². The van der Waals surface area contributed by atoms with Gasteiger partial charge in [0.25, 0.3) is 0 Å². The van der Waals surface area contributed by atoms with Crippen LogP contribution in [0.25, 0.3) is 10.8 Å². The number of amides is 1. The number of esters is 1. The van der Waals surface area contributed by atoms with Crippen molar-refractivity contribution >= 4 is 34.3 Å². The van der Waals surface area contributed by atoms with Crippen molar-refractivity contribution in [3.8, 4) is 5.75 Å². The smallest absolute Gasteiger partial charge is 0.338 e. The number of guanidine groups is 1. The first-order valence-corrected chi connectivity index (χ1v) is 13.9. The van der Waals surface area contributed by atoms with E-state index in [1.54, 1.807) is 18.2 Å². The monoisotopic (exact) mass is 547 g/mol. The zero-order chi connectivity index (χ0) is 28.9.